The van der Waals surface area contributed by atoms with Gasteiger partial charge in [-0.1, -0.05) is 6.92 Å². The van der Waals surface area contributed by atoms with Crippen LogP contribution in [0.4, 0.5) is 14.9 Å². The summed E-state index contributed by atoms with van der Waals surface area (Å²) in [6.07, 6.45) is 5.39. The van der Waals surface area contributed by atoms with Crippen LogP contribution in [0, 0.1) is 17.7 Å². The van der Waals surface area contributed by atoms with E-state index in [1.165, 1.54) is 19.2 Å². The maximum Gasteiger partial charge on any atom is 0.337 e. The third-order valence-corrected chi connectivity index (χ3v) is 5.55. The molecule has 3 rings (SSSR count). The lowest BCUT2D eigenvalue weighted by molar-refractivity contribution is 0.00154. The van der Waals surface area contributed by atoms with Crippen molar-refractivity contribution in [2.45, 2.75) is 51.2 Å². The van der Waals surface area contributed by atoms with Gasteiger partial charge in [0, 0.05) is 12.6 Å². The number of ether oxygens (including phenoxy) is 2. The highest BCUT2D eigenvalue weighted by molar-refractivity contribution is 5.92. The number of halogens is 1. The predicted molar refractivity (Wildman–Crippen MR) is 99.2 cm³/mol. The van der Waals surface area contributed by atoms with Gasteiger partial charge in [0.1, 0.15) is 5.82 Å². The third-order valence-electron chi connectivity index (χ3n) is 5.55. The number of carbonyl (C=O) groups excluding carboxylic acids is 2. The van der Waals surface area contributed by atoms with Crippen LogP contribution >= 0.6 is 0 Å². The number of urea groups is 1. The average molecular weight is 378 g/mol. The second-order valence-corrected chi connectivity index (χ2v) is 7.37. The van der Waals surface area contributed by atoms with Gasteiger partial charge in [-0.2, -0.15) is 0 Å². The van der Waals surface area contributed by atoms with Gasteiger partial charge in [-0.3, -0.25) is 0 Å². The fraction of sp³-hybridized carbons (Fsp3) is 0.600. The average Bonchev–Trinajstić information content (AvgIpc) is 2.89. The molecule has 7 heteroatoms. The van der Waals surface area contributed by atoms with Gasteiger partial charge in [0.05, 0.1) is 24.5 Å². The molecule has 6 nitrogen and oxygen atoms in total. The molecule has 1 aromatic rings. The van der Waals surface area contributed by atoms with E-state index in [-0.39, 0.29) is 23.4 Å². The molecular weight excluding hydrogens is 351 g/mol. The largest absolute Gasteiger partial charge is 0.465 e. The molecular formula is C20H27FN2O4. The first-order valence-corrected chi connectivity index (χ1v) is 9.58. The number of hydrogen-bond donors (Lipinski definition) is 2. The first-order chi connectivity index (χ1) is 13.0. The standard InChI is InChI=1S/C20H27FN2O4/c1-3-8-27-15-9-12-4-5-13(10-15)18(12)23-20(25)22-17-7-6-14(11-16(17)21)19(24)26-2/h6-7,11-13,15,18H,3-5,8-10H2,1-2H3,(H2,22,23,25). The number of amides is 2. The lowest BCUT2D eigenvalue weighted by Crippen LogP contribution is -2.48. The highest BCUT2D eigenvalue weighted by Crippen LogP contribution is 2.43. The Morgan fingerprint density at radius 3 is 2.52 bits per heavy atom. The molecule has 2 amide bonds. The Morgan fingerprint density at radius 2 is 1.93 bits per heavy atom. The minimum Gasteiger partial charge on any atom is -0.465 e. The first-order valence-electron chi connectivity index (χ1n) is 9.58. The smallest absolute Gasteiger partial charge is 0.337 e. The molecule has 2 aliphatic rings. The number of methoxy groups -OCH3 is 1. The number of benzene rings is 1. The molecule has 1 aromatic carbocycles. The van der Waals surface area contributed by atoms with Crippen LogP contribution < -0.4 is 10.6 Å². The molecule has 0 aromatic heterocycles. The molecule has 2 bridgehead atoms. The number of nitrogens with one attached hydrogen (secondary N) is 2. The van der Waals surface area contributed by atoms with E-state index < -0.39 is 17.8 Å². The molecule has 2 aliphatic carbocycles. The van der Waals surface area contributed by atoms with Crippen molar-refractivity contribution in [3.05, 3.63) is 29.6 Å². The molecule has 0 spiro atoms. The molecule has 0 radical (unpaired) electrons. The topological polar surface area (TPSA) is 76.7 Å². The summed E-state index contributed by atoms with van der Waals surface area (Å²) in [5, 5.41) is 5.57. The summed E-state index contributed by atoms with van der Waals surface area (Å²) >= 11 is 0. The summed E-state index contributed by atoms with van der Waals surface area (Å²) in [6.45, 7) is 2.88. The van der Waals surface area contributed by atoms with Gasteiger partial charge in [-0.05, 0) is 62.1 Å². The Balaban J connectivity index is 1.56. The van der Waals surface area contributed by atoms with E-state index >= 15 is 0 Å². The van der Waals surface area contributed by atoms with Crippen molar-refractivity contribution >= 4 is 17.7 Å². The summed E-state index contributed by atoms with van der Waals surface area (Å²) in [5.74, 6) is -0.484. The van der Waals surface area contributed by atoms with Crippen LogP contribution in [0.15, 0.2) is 18.2 Å². The van der Waals surface area contributed by atoms with E-state index in [4.69, 9.17) is 4.74 Å². The van der Waals surface area contributed by atoms with Crippen molar-refractivity contribution in [3.63, 3.8) is 0 Å². The molecule has 2 N–H and O–H groups in total. The quantitative estimate of drug-likeness (QED) is 0.740. The van der Waals surface area contributed by atoms with Gasteiger partial charge >= 0.3 is 12.0 Å². The van der Waals surface area contributed by atoms with Crippen molar-refractivity contribution in [2.75, 3.05) is 19.0 Å². The zero-order valence-electron chi connectivity index (χ0n) is 15.8. The van der Waals surface area contributed by atoms with Crippen molar-refractivity contribution in [2.24, 2.45) is 11.8 Å². The second-order valence-electron chi connectivity index (χ2n) is 7.37. The minimum absolute atomic E-state index is 0.0347. The summed E-state index contributed by atoms with van der Waals surface area (Å²) in [6, 6.07) is 3.52. The van der Waals surface area contributed by atoms with E-state index in [1.54, 1.807) is 0 Å². The van der Waals surface area contributed by atoms with Gasteiger partial charge in [0.2, 0.25) is 0 Å². The number of carbonyl (C=O) groups is 2. The van der Waals surface area contributed by atoms with E-state index in [0.29, 0.717) is 11.8 Å². The lowest BCUT2D eigenvalue weighted by atomic mass is 9.82. The molecule has 148 valence electrons. The summed E-state index contributed by atoms with van der Waals surface area (Å²) < 4.78 is 24.6. The Labute approximate surface area is 158 Å². The minimum atomic E-state index is -0.673. The van der Waals surface area contributed by atoms with Crippen molar-refractivity contribution < 1.29 is 23.5 Å². The van der Waals surface area contributed by atoms with Crippen LogP contribution in [-0.4, -0.2) is 37.9 Å². The molecule has 2 saturated carbocycles. The van der Waals surface area contributed by atoms with Crippen LogP contribution in [-0.2, 0) is 9.47 Å². The van der Waals surface area contributed by atoms with Crippen LogP contribution in [0.1, 0.15) is 49.4 Å². The zero-order chi connectivity index (χ0) is 19.4. The monoisotopic (exact) mass is 378 g/mol. The highest BCUT2D eigenvalue weighted by Gasteiger charge is 2.43. The van der Waals surface area contributed by atoms with Gasteiger partial charge in [-0.15, -0.1) is 0 Å². The second kappa shape index (κ2) is 8.69. The zero-order valence-corrected chi connectivity index (χ0v) is 15.8. The number of hydrogen-bond acceptors (Lipinski definition) is 4. The molecule has 27 heavy (non-hydrogen) atoms. The van der Waals surface area contributed by atoms with Crippen molar-refractivity contribution in [1.29, 1.82) is 0 Å². The van der Waals surface area contributed by atoms with E-state index in [2.05, 4.69) is 22.3 Å². The fourth-order valence-corrected chi connectivity index (χ4v) is 4.30. The summed E-state index contributed by atoms with van der Waals surface area (Å²) in [7, 11) is 1.23. The Bertz CT molecular complexity index is 683. The fourth-order valence-electron chi connectivity index (χ4n) is 4.30. The van der Waals surface area contributed by atoms with E-state index in [9.17, 15) is 14.0 Å². The molecule has 2 fully saturated rings. The van der Waals surface area contributed by atoms with E-state index in [1.807, 2.05) is 0 Å². The van der Waals surface area contributed by atoms with E-state index in [0.717, 1.165) is 44.8 Å². The lowest BCUT2D eigenvalue weighted by Gasteiger charge is -2.35. The molecule has 0 heterocycles. The summed E-state index contributed by atoms with van der Waals surface area (Å²) in [5.41, 5.74) is 0.136. The van der Waals surface area contributed by atoms with Crippen LogP contribution in [0.5, 0.6) is 0 Å². The number of anilines is 1. The van der Waals surface area contributed by atoms with Gasteiger partial charge < -0.3 is 20.1 Å². The maximum absolute atomic E-state index is 14.2. The highest BCUT2D eigenvalue weighted by atomic mass is 19.1. The molecule has 2 unspecified atom stereocenters. The molecule has 0 saturated heterocycles. The predicted octanol–water partition coefficient (Wildman–Crippen LogP) is 3.72. The van der Waals surface area contributed by atoms with Gasteiger partial charge in [0.25, 0.3) is 0 Å². The van der Waals surface area contributed by atoms with Crippen molar-refractivity contribution in [3.8, 4) is 0 Å². The SMILES string of the molecule is CCCOC1CC2CCC(C1)C2NC(=O)Nc1ccc(C(=O)OC)cc1F. The Morgan fingerprint density at radius 1 is 1.22 bits per heavy atom. The van der Waals surface area contributed by atoms with Crippen LogP contribution in [0.2, 0.25) is 0 Å². The maximum atomic E-state index is 14.2. The van der Waals surface area contributed by atoms with Crippen LogP contribution in [0.25, 0.3) is 0 Å². The normalized spacial score (nSPS) is 26.5. The van der Waals surface area contributed by atoms with Gasteiger partial charge in [0.15, 0.2) is 0 Å². The Kier molecular flexibility index (Phi) is 6.31. The van der Waals surface area contributed by atoms with Crippen LogP contribution in [0.3, 0.4) is 0 Å². The molecule has 2 atom stereocenters. The number of esters is 1. The number of rotatable bonds is 6. The van der Waals surface area contributed by atoms with Crippen molar-refractivity contribution in [1.82, 2.24) is 5.32 Å². The third kappa shape index (κ3) is 4.58. The Hall–Kier alpha value is -2.15. The molecule has 0 aliphatic heterocycles. The summed E-state index contributed by atoms with van der Waals surface area (Å²) in [4.78, 5) is 23.8. The number of fused-ring (bicyclic) bond motifs is 2. The van der Waals surface area contributed by atoms with Gasteiger partial charge in [-0.25, -0.2) is 14.0 Å². The first kappa shape index (κ1) is 19.6.